The van der Waals surface area contributed by atoms with Gasteiger partial charge in [-0.15, -0.1) is 0 Å². The van der Waals surface area contributed by atoms with Crippen LogP contribution in [-0.4, -0.2) is 19.9 Å². The zero-order chi connectivity index (χ0) is 12.5. The van der Waals surface area contributed by atoms with E-state index < -0.39 is 0 Å². The summed E-state index contributed by atoms with van der Waals surface area (Å²) in [6.45, 7) is 0. The molecule has 2 aromatic heterocycles. The average molecular weight is 238 g/mol. The van der Waals surface area contributed by atoms with Gasteiger partial charge in [-0.2, -0.15) is 9.97 Å². The molecular weight excluding hydrogens is 228 g/mol. The molecule has 0 radical (unpaired) electrons. The first-order valence-corrected chi connectivity index (χ1v) is 5.35. The van der Waals surface area contributed by atoms with Crippen molar-refractivity contribution in [1.82, 2.24) is 19.9 Å². The van der Waals surface area contributed by atoms with Crippen molar-refractivity contribution in [3.63, 3.8) is 0 Å². The Morgan fingerprint density at radius 3 is 2.44 bits per heavy atom. The van der Waals surface area contributed by atoms with Gasteiger partial charge in [-0.3, -0.25) is 0 Å². The summed E-state index contributed by atoms with van der Waals surface area (Å²) in [4.78, 5) is 16.5. The Kier molecular flexibility index (Phi) is 2.26. The van der Waals surface area contributed by atoms with Gasteiger partial charge in [0, 0.05) is 5.56 Å². The van der Waals surface area contributed by atoms with Gasteiger partial charge in [0.1, 0.15) is 0 Å². The third kappa shape index (κ3) is 1.69. The lowest BCUT2D eigenvalue weighted by atomic mass is 10.2. The lowest BCUT2D eigenvalue weighted by molar-refractivity contribution is 1.17. The van der Waals surface area contributed by atoms with Gasteiger partial charge in [-0.1, -0.05) is 30.3 Å². The molecule has 88 valence electrons. The van der Waals surface area contributed by atoms with Gasteiger partial charge in [0.05, 0.1) is 11.9 Å². The minimum atomic E-state index is 0.0989. The summed E-state index contributed by atoms with van der Waals surface area (Å²) >= 11 is 0. The molecule has 0 amide bonds. The molecule has 0 aliphatic heterocycles. The van der Waals surface area contributed by atoms with Crippen molar-refractivity contribution in [2.24, 2.45) is 0 Å². The molecule has 0 saturated heterocycles. The Bertz CT molecular complexity index is 710. The molecule has 2 heterocycles. The largest absolute Gasteiger partial charge is 0.382 e. The predicted octanol–water partition coefficient (Wildman–Crippen LogP) is 1.25. The van der Waals surface area contributed by atoms with Gasteiger partial charge >= 0.3 is 0 Å². The molecule has 0 unspecified atom stereocenters. The smallest absolute Gasteiger partial charge is 0.224 e. The topological polar surface area (TPSA) is 104 Å². The summed E-state index contributed by atoms with van der Waals surface area (Å²) in [5.74, 6) is 0.338. The van der Waals surface area contributed by atoms with E-state index in [9.17, 15) is 0 Å². The van der Waals surface area contributed by atoms with Crippen LogP contribution < -0.4 is 11.5 Å². The standard InChI is InChI=1S/C12H10N6/c13-10-9-11(18-12(14)17-10)15-6-8(16-9)7-4-2-1-3-5-7/h1-6H,(H4,13,14,15,17,18). The molecule has 0 aliphatic rings. The Morgan fingerprint density at radius 1 is 0.889 bits per heavy atom. The quantitative estimate of drug-likeness (QED) is 0.661. The number of nitrogens with zero attached hydrogens (tertiary/aromatic N) is 4. The molecule has 0 aliphatic carbocycles. The van der Waals surface area contributed by atoms with E-state index >= 15 is 0 Å². The van der Waals surface area contributed by atoms with Gasteiger partial charge in [0.25, 0.3) is 0 Å². The van der Waals surface area contributed by atoms with Crippen molar-refractivity contribution in [2.45, 2.75) is 0 Å². The van der Waals surface area contributed by atoms with Gasteiger partial charge in [0.15, 0.2) is 17.0 Å². The Hall–Kier alpha value is -2.76. The molecule has 3 aromatic rings. The summed E-state index contributed by atoms with van der Waals surface area (Å²) in [6, 6.07) is 9.71. The Labute approximate surface area is 103 Å². The summed E-state index contributed by atoms with van der Waals surface area (Å²) in [5, 5.41) is 0. The summed E-state index contributed by atoms with van der Waals surface area (Å²) in [7, 11) is 0. The number of nitrogens with two attached hydrogens (primary N) is 2. The Morgan fingerprint density at radius 2 is 1.67 bits per heavy atom. The number of nitrogen functional groups attached to an aromatic ring is 2. The van der Waals surface area contributed by atoms with Crippen molar-refractivity contribution in [3.8, 4) is 11.3 Å². The molecule has 6 nitrogen and oxygen atoms in total. The van der Waals surface area contributed by atoms with E-state index in [1.54, 1.807) is 6.20 Å². The van der Waals surface area contributed by atoms with Crippen molar-refractivity contribution in [3.05, 3.63) is 36.5 Å². The number of hydrogen-bond donors (Lipinski definition) is 2. The van der Waals surface area contributed by atoms with E-state index in [-0.39, 0.29) is 11.8 Å². The van der Waals surface area contributed by atoms with Crippen LogP contribution in [0.4, 0.5) is 11.8 Å². The second-order valence-electron chi connectivity index (χ2n) is 3.76. The molecule has 18 heavy (non-hydrogen) atoms. The summed E-state index contributed by atoms with van der Waals surface area (Å²) < 4.78 is 0. The molecule has 0 fully saturated rings. The second kappa shape index (κ2) is 3.92. The van der Waals surface area contributed by atoms with Crippen LogP contribution in [0.2, 0.25) is 0 Å². The third-order valence-electron chi connectivity index (χ3n) is 2.52. The minimum Gasteiger partial charge on any atom is -0.382 e. The maximum absolute atomic E-state index is 5.77. The fourth-order valence-electron chi connectivity index (χ4n) is 1.69. The molecule has 0 spiro atoms. The highest BCUT2D eigenvalue weighted by Crippen LogP contribution is 2.20. The number of hydrogen-bond acceptors (Lipinski definition) is 6. The van der Waals surface area contributed by atoms with E-state index in [1.165, 1.54) is 0 Å². The first kappa shape index (κ1) is 10.4. The molecule has 3 rings (SSSR count). The molecule has 4 N–H and O–H groups in total. The van der Waals surface area contributed by atoms with Gasteiger partial charge in [-0.05, 0) is 0 Å². The molecular formula is C12H10N6. The molecule has 0 atom stereocenters. The maximum Gasteiger partial charge on any atom is 0.224 e. The van der Waals surface area contributed by atoms with Gasteiger partial charge in [-0.25, -0.2) is 9.97 Å². The molecule has 0 bridgehead atoms. The van der Waals surface area contributed by atoms with Crippen LogP contribution in [0.15, 0.2) is 36.5 Å². The summed E-state index contributed by atoms with van der Waals surface area (Å²) in [6.07, 6.45) is 1.64. The Balaban J connectivity index is 2.23. The minimum absolute atomic E-state index is 0.0989. The highest BCUT2D eigenvalue weighted by atomic mass is 15.1. The van der Waals surface area contributed by atoms with Crippen molar-refractivity contribution >= 4 is 22.9 Å². The van der Waals surface area contributed by atoms with E-state index in [0.29, 0.717) is 11.2 Å². The lowest BCUT2D eigenvalue weighted by Gasteiger charge is -2.04. The van der Waals surface area contributed by atoms with E-state index in [1.807, 2.05) is 30.3 Å². The van der Waals surface area contributed by atoms with Crippen LogP contribution in [0.25, 0.3) is 22.4 Å². The van der Waals surface area contributed by atoms with Crippen molar-refractivity contribution < 1.29 is 0 Å². The predicted molar refractivity (Wildman–Crippen MR) is 69.4 cm³/mol. The zero-order valence-corrected chi connectivity index (χ0v) is 9.41. The zero-order valence-electron chi connectivity index (χ0n) is 9.41. The monoisotopic (exact) mass is 238 g/mol. The first-order chi connectivity index (χ1) is 8.74. The van der Waals surface area contributed by atoms with Crippen LogP contribution in [0.3, 0.4) is 0 Å². The van der Waals surface area contributed by atoms with Crippen LogP contribution >= 0.6 is 0 Å². The number of fused-ring (bicyclic) bond motifs is 1. The average Bonchev–Trinajstić information content (AvgIpc) is 2.39. The molecule has 1 aromatic carbocycles. The molecule has 0 saturated carbocycles. The number of benzene rings is 1. The van der Waals surface area contributed by atoms with Crippen LogP contribution in [0.1, 0.15) is 0 Å². The number of anilines is 2. The third-order valence-corrected chi connectivity index (χ3v) is 2.52. The van der Waals surface area contributed by atoms with Crippen molar-refractivity contribution in [1.29, 1.82) is 0 Å². The SMILES string of the molecule is Nc1nc(N)c2nc(-c3ccccc3)cnc2n1. The van der Waals surface area contributed by atoms with Crippen molar-refractivity contribution in [2.75, 3.05) is 11.5 Å². The van der Waals surface area contributed by atoms with Gasteiger partial charge < -0.3 is 11.5 Å². The lowest BCUT2D eigenvalue weighted by Crippen LogP contribution is -2.03. The highest BCUT2D eigenvalue weighted by Gasteiger charge is 2.08. The molecule has 6 heteroatoms. The van der Waals surface area contributed by atoms with E-state index in [0.717, 1.165) is 11.3 Å². The van der Waals surface area contributed by atoms with E-state index in [4.69, 9.17) is 11.5 Å². The second-order valence-corrected chi connectivity index (χ2v) is 3.76. The fourth-order valence-corrected chi connectivity index (χ4v) is 1.69. The summed E-state index contributed by atoms with van der Waals surface area (Å²) in [5.41, 5.74) is 13.8. The van der Waals surface area contributed by atoms with E-state index in [2.05, 4.69) is 19.9 Å². The maximum atomic E-state index is 5.77. The van der Waals surface area contributed by atoms with Crippen LogP contribution in [0, 0.1) is 0 Å². The van der Waals surface area contributed by atoms with Gasteiger partial charge in [0.2, 0.25) is 5.95 Å². The van der Waals surface area contributed by atoms with Crippen LogP contribution in [0.5, 0.6) is 0 Å². The highest BCUT2D eigenvalue weighted by molar-refractivity contribution is 5.83. The normalized spacial score (nSPS) is 10.7. The number of aromatic nitrogens is 4. The first-order valence-electron chi connectivity index (χ1n) is 5.35. The fraction of sp³-hybridized carbons (Fsp3) is 0. The van der Waals surface area contributed by atoms with Crippen LogP contribution in [-0.2, 0) is 0 Å². The number of rotatable bonds is 1.